The Morgan fingerprint density at radius 2 is 2.12 bits per heavy atom. The molecule has 0 bridgehead atoms. The highest BCUT2D eigenvalue weighted by Gasteiger charge is 2.29. The summed E-state index contributed by atoms with van der Waals surface area (Å²) in [6, 6.07) is 9.78. The summed E-state index contributed by atoms with van der Waals surface area (Å²) >= 11 is 6.17. The van der Waals surface area contributed by atoms with Gasteiger partial charge in [-0.3, -0.25) is 9.59 Å². The monoisotopic (exact) mass is 374 g/mol. The Balaban J connectivity index is 1.80. The smallest absolute Gasteiger partial charge is 0.251 e. The molecule has 1 aliphatic rings. The molecule has 6 heteroatoms. The van der Waals surface area contributed by atoms with Crippen molar-refractivity contribution in [1.82, 2.24) is 10.2 Å². The second kappa shape index (κ2) is 7.46. The Kier molecular flexibility index (Phi) is 5.28. The number of rotatable bonds is 4. The van der Waals surface area contributed by atoms with E-state index in [1.165, 1.54) is 6.07 Å². The average molecular weight is 375 g/mol. The van der Waals surface area contributed by atoms with Crippen LogP contribution in [0.25, 0.3) is 11.1 Å². The summed E-state index contributed by atoms with van der Waals surface area (Å²) < 4.78 is 13.6. The molecule has 1 N–H and O–H groups in total. The number of likely N-dealkylation sites (N-methyl/N-ethyl adjacent to an activating group) is 1. The SMILES string of the molecule is CCN1C[C@@H](NC(=O)c2cccc(-c3cc(C)c(F)cc3Cl)c2)CC1=O. The first-order chi connectivity index (χ1) is 12.4. The van der Waals surface area contributed by atoms with Crippen LogP contribution in [0, 0.1) is 12.7 Å². The van der Waals surface area contributed by atoms with Crippen LogP contribution >= 0.6 is 11.6 Å². The number of halogens is 2. The molecule has 1 heterocycles. The highest BCUT2D eigenvalue weighted by atomic mass is 35.5. The summed E-state index contributed by atoms with van der Waals surface area (Å²) in [7, 11) is 0. The maximum absolute atomic E-state index is 13.6. The van der Waals surface area contributed by atoms with Crippen LogP contribution in [-0.4, -0.2) is 35.8 Å². The van der Waals surface area contributed by atoms with Gasteiger partial charge in [0.15, 0.2) is 0 Å². The molecule has 0 aliphatic carbocycles. The predicted molar refractivity (Wildman–Crippen MR) is 99.7 cm³/mol. The van der Waals surface area contributed by atoms with E-state index in [-0.39, 0.29) is 23.7 Å². The normalized spacial score (nSPS) is 16.8. The first-order valence-corrected chi connectivity index (χ1v) is 8.91. The van der Waals surface area contributed by atoms with E-state index < -0.39 is 0 Å². The number of carbonyl (C=O) groups is 2. The van der Waals surface area contributed by atoms with E-state index in [9.17, 15) is 14.0 Å². The Bertz CT molecular complexity index is 869. The molecule has 3 rings (SSSR count). The Morgan fingerprint density at radius 3 is 2.81 bits per heavy atom. The predicted octanol–water partition coefficient (Wildman–Crippen LogP) is 3.81. The molecule has 0 radical (unpaired) electrons. The summed E-state index contributed by atoms with van der Waals surface area (Å²) in [5.74, 6) is -0.545. The third-order valence-electron chi connectivity index (χ3n) is 4.62. The molecule has 0 unspecified atom stereocenters. The second-order valence-corrected chi connectivity index (χ2v) is 6.88. The molecule has 1 atom stereocenters. The first-order valence-electron chi connectivity index (χ1n) is 8.53. The maximum Gasteiger partial charge on any atom is 0.251 e. The lowest BCUT2D eigenvalue weighted by Gasteiger charge is -2.15. The highest BCUT2D eigenvalue weighted by molar-refractivity contribution is 6.33. The maximum atomic E-state index is 13.6. The zero-order chi connectivity index (χ0) is 18.8. The van der Waals surface area contributed by atoms with Crippen LogP contribution in [-0.2, 0) is 4.79 Å². The van der Waals surface area contributed by atoms with E-state index in [0.29, 0.717) is 41.2 Å². The third kappa shape index (κ3) is 3.73. The van der Waals surface area contributed by atoms with Crippen molar-refractivity contribution in [3.63, 3.8) is 0 Å². The second-order valence-electron chi connectivity index (χ2n) is 6.47. The Hall–Kier alpha value is -2.40. The number of nitrogens with one attached hydrogen (secondary N) is 1. The fourth-order valence-electron chi connectivity index (χ4n) is 3.15. The molecule has 2 aromatic carbocycles. The summed E-state index contributed by atoms with van der Waals surface area (Å²) in [6.45, 7) is 4.76. The summed E-state index contributed by atoms with van der Waals surface area (Å²) in [4.78, 5) is 26.1. The van der Waals surface area contributed by atoms with E-state index in [4.69, 9.17) is 11.6 Å². The van der Waals surface area contributed by atoms with Gasteiger partial charge in [-0.2, -0.15) is 0 Å². The molecule has 1 saturated heterocycles. The standard InChI is InChI=1S/C20H20ClFN2O2/c1-3-24-11-15(9-19(24)25)23-20(26)14-6-4-5-13(8-14)16-7-12(2)18(22)10-17(16)21/h4-8,10,15H,3,9,11H2,1-2H3,(H,23,26)/t15-/m0/s1. The minimum Gasteiger partial charge on any atom is -0.347 e. The van der Waals surface area contributed by atoms with Gasteiger partial charge in [-0.15, -0.1) is 0 Å². The molecule has 26 heavy (non-hydrogen) atoms. The highest BCUT2D eigenvalue weighted by Crippen LogP contribution is 2.30. The summed E-state index contributed by atoms with van der Waals surface area (Å²) in [6.07, 6.45) is 0.322. The molecular formula is C20H20ClFN2O2. The molecule has 0 spiro atoms. The van der Waals surface area contributed by atoms with Crippen LogP contribution in [0.4, 0.5) is 4.39 Å². The van der Waals surface area contributed by atoms with Crippen LogP contribution in [0.2, 0.25) is 5.02 Å². The molecule has 2 amide bonds. The van der Waals surface area contributed by atoms with Gasteiger partial charge < -0.3 is 10.2 Å². The number of likely N-dealkylation sites (tertiary alicyclic amines) is 1. The number of benzene rings is 2. The van der Waals surface area contributed by atoms with Gasteiger partial charge in [0.2, 0.25) is 5.91 Å². The largest absolute Gasteiger partial charge is 0.347 e. The number of hydrogen-bond donors (Lipinski definition) is 1. The Labute approximate surface area is 157 Å². The third-order valence-corrected chi connectivity index (χ3v) is 4.93. The lowest BCUT2D eigenvalue weighted by molar-refractivity contribution is -0.127. The molecule has 0 saturated carbocycles. The quantitative estimate of drug-likeness (QED) is 0.884. The molecule has 0 aromatic heterocycles. The van der Waals surface area contributed by atoms with E-state index in [0.717, 1.165) is 5.56 Å². The van der Waals surface area contributed by atoms with Crippen molar-refractivity contribution in [2.45, 2.75) is 26.3 Å². The van der Waals surface area contributed by atoms with Crippen molar-refractivity contribution in [2.75, 3.05) is 13.1 Å². The molecule has 136 valence electrons. The van der Waals surface area contributed by atoms with Gasteiger partial charge in [-0.1, -0.05) is 23.7 Å². The van der Waals surface area contributed by atoms with Gasteiger partial charge in [0.25, 0.3) is 5.91 Å². The van der Waals surface area contributed by atoms with Crippen molar-refractivity contribution in [1.29, 1.82) is 0 Å². The van der Waals surface area contributed by atoms with Crippen LogP contribution in [0.5, 0.6) is 0 Å². The van der Waals surface area contributed by atoms with Crippen LogP contribution in [0.3, 0.4) is 0 Å². The van der Waals surface area contributed by atoms with Crippen molar-refractivity contribution in [3.05, 3.63) is 58.4 Å². The number of amides is 2. The van der Waals surface area contributed by atoms with Gasteiger partial charge in [0, 0.05) is 30.6 Å². The van der Waals surface area contributed by atoms with Crippen molar-refractivity contribution < 1.29 is 14.0 Å². The molecule has 1 fully saturated rings. The van der Waals surface area contributed by atoms with Crippen molar-refractivity contribution in [2.24, 2.45) is 0 Å². The van der Waals surface area contributed by atoms with E-state index in [2.05, 4.69) is 5.32 Å². The fraction of sp³-hybridized carbons (Fsp3) is 0.300. The van der Waals surface area contributed by atoms with Crippen LogP contribution < -0.4 is 5.32 Å². The van der Waals surface area contributed by atoms with E-state index >= 15 is 0 Å². The summed E-state index contributed by atoms with van der Waals surface area (Å²) in [5.41, 5.74) is 2.38. The van der Waals surface area contributed by atoms with Gasteiger partial charge in [-0.25, -0.2) is 4.39 Å². The number of nitrogens with zero attached hydrogens (tertiary/aromatic N) is 1. The molecular weight excluding hydrogens is 355 g/mol. The molecule has 2 aromatic rings. The fourth-order valence-corrected chi connectivity index (χ4v) is 3.41. The lowest BCUT2D eigenvalue weighted by atomic mass is 10.0. The first kappa shape index (κ1) is 18.4. The van der Waals surface area contributed by atoms with Crippen LogP contribution in [0.1, 0.15) is 29.3 Å². The van der Waals surface area contributed by atoms with Crippen molar-refractivity contribution >= 4 is 23.4 Å². The zero-order valence-corrected chi connectivity index (χ0v) is 15.4. The summed E-state index contributed by atoms with van der Waals surface area (Å²) in [5, 5.41) is 3.21. The zero-order valence-electron chi connectivity index (χ0n) is 14.7. The van der Waals surface area contributed by atoms with Gasteiger partial charge >= 0.3 is 0 Å². The van der Waals surface area contributed by atoms with Gasteiger partial charge in [0.1, 0.15) is 5.82 Å². The minimum atomic E-state index is -0.362. The number of carbonyl (C=O) groups excluding carboxylic acids is 2. The number of hydrogen-bond acceptors (Lipinski definition) is 2. The number of aryl methyl sites for hydroxylation is 1. The molecule has 4 nitrogen and oxygen atoms in total. The van der Waals surface area contributed by atoms with Gasteiger partial charge in [-0.05, 0) is 49.2 Å². The lowest BCUT2D eigenvalue weighted by Crippen LogP contribution is -2.37. The van der Waals surface area contributed by atoms with E-state index in [1.807, 2.05) is 13.0 Å². The van der Waals surface area contributed by atoms with Crippen LogP contribution in [0.15, 0.2) is 36.4 Å². The Morgan fingerprint density at radius 1 is 1.35 bits per heavy atom. The minimum absolute atomic E-state index is 0.0557. The molecule has 1 aliphatic heterocycles. The van der Waals surface area contributed by atoms with Gasteiger partial charge in [0.05, 0.1) is 11.1 Å². The van der Waals surface area contributed by atoms with E-state index in [1.54, 1.807) is 36.1 Å². The topological polar surface area (TPSA) is 49.4 Å². The van der Waals surface area contributed by atoms with Crippen molar-refractivity contribution in [3.8, 4) is 11.1 Å². The average Bonchev–Trinajstić information content (AvgIpc) is 2.97.